The van der Waals surface area contributed by atoms with E-state index < -0.39 is 0 Å². The number of rotatable bonds is 2. The lowest BCUT2D eigenvalue weighted by Crippen LogP contribution is -2.11. The summed E-state index contributed by atoms with van der Waals surface area (Å²) in [4.78, 5) is 4.45. The van der Waals surface area contributed by atoms with Crippen molar-refractivity contribution in [2.45, 2.75) is 26.4 Å². The van der Waals surface area contributed by atoms with E-state index >= 15 is 0 Å². The Morgan fingerprint density at radius 1 is 1.22 bits per heavy atom. The first-order chi connectivity index (χ1) is 12.7. The van der Waals surface area contributed by atoms with Gasteiger partial charge in [0.05, 0.1) is 17.1 Å². The van der Waals surface area contributed by atoms with Crippen molar-refractivity contribution in [1.29, 1.82) is 5.26 Å². The number of nitrogen functional groups attached to an aromatic ring is 1. The minimum atomic E-state index is 0. The molecule has 0 aliphatic carbocycles. The molecule has 1 aliphatic heterocycles. The summed E-state index contributed by atoms with van der Waals surface area (Å²) in [7, 11) is 0. The number of aryl methyl sites for hydroxylation is 2. The lowest BCUT2D eigenvalue weighted by Gasteiger charge is -2.09. The summed E-state index contributed by atoms with van der Waals surface area (Å²) in [5, 5.41) is 17.7. The van der Waals surface area contributed by atoms with Gasteiger partial charge in [0, 0.05) is 24.2 Å². The molecule has 3 aromatic rings. The fourth-order valence-corrected chi connectivity index (χ4v) is 3.33. The van der Waals surface area contributed by atoms with Crippen molar-refractivity contribution in [1.82, 2.24) is 20.1 Å². The number of hydrogen-bond donors (Lipinski definition) is 2. The minimum Gasteiger partial charge on any atom is -0.383 e. The number of nitrogens with one attached hydrogen (secondary N) is 1. The van der Waals surface area contributed by atoms with Crippen molar-refractivity contribution in [2.75, 3.05) is 12.3 Å². The summed E-state index contributed by atoms with van der Waals surface area (Å²) in [5.74, 6) is 0.239. The normalized spacial score (nSPS) is 13.2. The molecule has 0 saturated carbocycles. The van der Waals surface area contributed by atoms with Gasteiger partial charge in [0.1, 0.15) is 17.5 Å². The number of nitrogens with two attached hydrogens (primary N) is 1. The maximum absolute atomic E-state index is 9.60. The van der Waals surface area contributed by atoms with Crippen LogP contribution < -0.4 is 11.1 Å². The zero-order valence-corrected chi connectivity index (χ0v) is 15.9. The molecule has 0 fully saturated rings. The summed E-state index contributed by atoms with van der Waals surface area (Å²) < 4.78 is 2.01. The molecule has 1 aromatic carbocycles. The van der Waals surface area contributed by atoms with Crippen LogP contribution in [-0.2, 0) is 13.1 Å². The highest BCUT2D eigenvalue weighted by molar-refractivity contribution is 5.85. The Bertz CT molecular complexity index is 994. The summed E-state index contributed by atoms with van der Waals surface area (Å²) in [6.07, 6.45) is 1.03. The second-order valence-electron chi connectivity index (χ2n) is 6.57. The van der Waals surface area contributed by atoms with Crippen LogP contribution in [0.4, 0.5) is 5.82 Å². The Kier molecular flexibility index (Phi) is 5.45. The molecule has 138 valence electrons. The molecular weight excluding hydrogens is 360 g/mol. The second-order valence-corrected chi connectivity index (χ2v) is 6.57. The van der Waals surface area contributed by atoms with E-state index in [2.05, 4.69) is 22.4 Å². The van der Waals surface area contributed by atoms with Gasteiger partial charge in [-0.3, -0.25) is 4.68 Å². The molecule has 7 heteroatoms. The van der Waals surface area contributed by atoms with E-state index in [4.69, 9.17) is 10.8 Å². The van der Waals surface area contributed by atoms with Gasteiger partial charge in [-0.1, -0.05) is 23.8 Å². The van der Waals surface area contributed by atoms with Gasteiger partial charge in [0.15, 0.2) is 0 Å². The monoisotopic (exact) mass is 380 g/mol. The zero-order valence-electron chi connectivity index (χ0n) is 15.1. The number of pyridine rings is 1. The van der Waals surface area contributed by atoms with Crippen LogP contribution in [0.1, 0.15) is 23.2 Å². The van der Waals surface area contributed by atoms with Crippen LogP contribution in [0.2, 0.25) is 0 Å². The first-order valence-electron chi connectivity index (χ1n) is 8.71. The number of benzene rings is 1. The minimum absolute atomic E-state index is 0. The van der Waals surface area contributed by atoms with E-state index in [9.17, 15) is 5.26 Å². The third kappa shape index (κ3) is 3.65. The van der Waals surface area contributed by atoms with Gasteiger partial charge in [-0.25, -0.2) is 4.98 Å². The highest BCUT2D eigenvalue weighted by atomic mass is 35.5. The standard InChI is InChI=1S/C20H20N6.ClH/c1-13-4-2-5-14(8-13)18-10-16(17(11-21)20(22)24-18)19-9-15-12-23-6-3-7-26(15)25-19;/h2,4-5,8-10,23H,3,6-7,12H2,1H3,(H2,22,24);1H. The number of aromatic nitrogens is 3. The van der Waals surface area contributed by atoms with Crippen LogP contribution in [0.3, 0.4) is 0 Å². The number of nitriles is 1. The van der Waals surface area contributed by atoms with Crippen molar-refractivity contribution < 1.29 is 0 Å². The zero-order chi connectivity index (χ0) is 18.1. The maximum Gasteiger partial charge on any atom is 0.142 e. The number of hydrogen-bond acceptors (Lipinski definition) is 5. The Hall–Kier alpha value is -2.88. The maximum atomic E-state index is 9.60. The number of nitrogens with zero attached hydrogens (tertiary/aromatic N) is 4. The lowest BCUT2D eigenvalue weighted by molar-refractivity contribution is 0.589. The molecule has 0 saturated heterocycles. The molecule has 27 heavy (non-hydrogen) atoms. The fraction of sp³-hybridized carbons (Fsp3) is 0.250. The Labute approximate surface area is 164 Å². The summed E-state index contributed by atoms with van der Waals surface area (Å²) in [6, 6.07) is 14.2. The number of fused-ring (bicyclic) bond motifs is 1. The van der Waals surface area contributed by atoms with E-state index in [-0.39, 0.29) is 18.2 Å². The lowest BCUT2D eigenvalue weighted by atomic mass is 10.0. The van der Waals surface area contributed by atoms with Crippen molar-refractivity contribution in [3.63, 3.8) is 0 Å². The van der Waals surface area contributed by atoms with E-state index in [0.717, 1.165) is 59.8 Å². The third-order valence-corrected chi connectivity index (χ3v) is 4.64. The molecule has 0 spiro atoms. The van der Waals surface area contributed by atoms with Crippen LogP contribution in [0.5, 0.6) is 0 Å². The molecular formula is C20H21ClN6. The van der Waals surface area contributed by atoms with Gasteiger partial charge in [-0.05, 0) is 38.1 Å². The largest absolute Gasteiger partial charge is 0.383 e. The molecule has 2 aromatic heterocycles. The van der Waals surface area contributed by atoms with Crippen molar-refractivity contribution >= 4 is 18.2 Å². The number of anilines is 1. The molecule has 0 bridgehead atoms. The molecule has 6 nitrogen and oxygen atoms in total. The van der Waals surface area contributed by atoms with E-state index in [0.29, 0.717) is 5.56 Å². The van der Waals surface area contributed by atoms with Gasteiger partial charge in [-0.2, -0.15) is 10.4 Å². The van der Waals surface area contributed by atoms with Gasteiger partial charge in [-0.15, -0.1) is 12.4 Å². The molecule has 3 heterocycles. The molecule has 0 radical (unpaired) electrons. The molecule has 0 amide bonds. The Balaban J connectivity index is 0.00000210. The summed E-state index contributed by atoms with van der Waals surface area (Å²) in [6.45, 7) is 4.68. The fourth-order valence-electron chi connectivity index (χ4n) is 3.33. The average molecular weight is 381 g/mol. The van der Waals surface area contributed by atoms with Crippen molar-refractivity contribution in [2.24, 2.45) is 0 Å². The number of halogens is 1. The topological polar surface area (TPSA) is 92.5 Å². The average Bonchev–Trinajstić information content (AvgIpc) is 2.91. The second kappa shape index (κ2) is 7.78. The van der Waals surface area contributed by atoms with Crippen LogP contribution in [0, 0.1) is 18.3 Å². The molecule has 4 rings (SSSR count). The Morgan fingerprint density at radius 3 is 2.85 bits per heavy atom. The van der Waals surface area contributed by atoms with Crippen molar-refractivity contribution in [3.05, 3.63) is 53.2 Å². The van der Waals surface area contributed by atoms with Crippen LogP contribution in [0.25, 0.3) is 22.5 Å². The smallest absolute Gasteiger partial charge is 0.142 e. The quantitative estimate of drug-likeness (QED) is 0.711. The molecule has 3 N–H and O–H groups in total. The van der Waals surface area contributed by atoms with Crippen LogP contribution in [-0.4, -0.2) is 21.3 Å². The van der Waals surface area contributed by atoms with Gasteiger partial charge in [0.2, 0.25) is 0 Å². The molecule has 1 aliphatic rings. The van der Waals surface area contributed by atoms with E-state index in [1.54, 1.807) is 0 Å². The van der Waals surface area contributed by atoms with Crippen molar-refractivity contribution in [3.8, 4) is 28.6 Å². The van der Waals surface area contributed by atoms with Crippen LogP contribution >= 0.6 is 12.4 Å². The van der Waals surface area contributed by atoms with Gasteiger partial charge >= 0.3 is 0 Å². The van der Waals surface area contributed by atoms with E-state index in [1.165, 1.54) is 0 Å². The van der Waals surface area contributed by atoms with Gasteiger partial charge < -0.3 is 11.1 Å². The predicted molar refractivity (Wildman–Crippen MR) is 108 cm³/mol. The molecule has 0 unspecified atom stereocenters. The first-order valence-corrected chi connectivity index (χ1v) is 8.71. The third-order valence-electron chi connectivity index (χ3n) is 4.64. The van der Waals surface area contributed by atoms with Gasteiger partial charge in [0.25, 0.3) is 0 Å². The highest BCUT2D eigenvalue weighted by Gasteiger charge is 2.18. The Morgan fingerprint density at radius 2 is 2.07 bits per heavy atom. The highest BCUT2D eigenvalue weighted by Crippen LogP contribution is 2.31. The predicted octanol–water partition coefficient (Wildman–Crippen LogP) is 3.29. The molecule has 0 atom stereocenters. The first kappa shape index (κ1) is 18.9. The SMILES string of the molecule is Cc1cccc(-c2cc(-c3cc4n(n3)CCCNC4)c(C#N)c(N)n2)c1.Cl. The van der Waals surface area contributed by atoms with E-state index in [1.807, 2.05) is 41.9 Å². The summed E-state index contributed by atoms with van der Waals surface area (Å²) >= 11 is 0. The summed E-state index contributed by atoms with van der Waals surface area (Å²) in [5.41, 5.74) is 12.0. The van der Waals surface area contributed by atoms with Crippen LogP contribution in [0.15, 0.2) is 36.4 Å².